The SMILES string of the molecule is c1ccc(-c2cccc(-c3ccc4ccc5ccc(-c6ccc(-c7nc8ccccc8n7-c7ccc(-c8c9ccccc9c(-c9cccc%10ccccc9%10)c9ccccc89)cc7)cc6)nc5c4n3)n2)cc1. The minimum absolute atomic E-state index is 0.810. The summed E-state index contributed by atoms with van der Waals surface area (Å²) in [6, 6.07) is 88.1. The summed E-state index contributed by atoms with van der Waals surface area (Å²) in [5.74, 6) is 0.875. The van der Waals surface area contributed by atoms with Crippen LogP contribution in [0.15, 0.2) is 249 Å². The van der Waals surface area contributed by atoms with Crippen molar-refractivity contribution >= 4 is 65.2 Å². The zero-order valence-electron chi connectivity index (χ0n) is 38.4. The molecule has 0 saturated carbocycles. The molecular weight excluding hydrogens is 863 g/mol. The van der Waals surface area contributed by atoms with Gasteiger partial charge < -0.3 is 0 Å². The van der Waals surface area contributed by atoms with Crippen molar-refractivity contribution in [2.75, 3.05) is 0 Å². The van der Waals surface area contributed by atoms with E-state index in [9.17, 15) is 0 Å². The Morgan fingerprint density at radius 2 is 0.761 bits per heavy atom. The van der Waals surface area contributed by atoms with Crippen LogP contribution in [-0.2, 0) is 0 Å². The minimum Gasteiger partial charge on any atom is -0.292 e. The number of imidazole rings is 1. The molecule has 0 unspecified atom stereocenters. The first kappa shape index (κ1) is 40.5. The standard InChI is InChI=1S/C66H41N5/c1-2-15-43(16-3-1)56-25-13-26-58(67-56)59-41-37-47-31-30-46-36-40-57(68-64(46)65(47)69-59)44-28-32-48(33-29-44)66-70-60-24-10-11-27-61(60)71(66)49-38-34-45(35-39-49)62-52-19-6-8-21-54(52)63(55-22-9-7-20-53(55)62)51-23-12-17-42-14-4-5-18-50(42)51/h1-41H. The van der Waals surface area contributed by atoms with E-state index >= 15 is 0 Å². The first-order valence-electron chi connectivity index (χ1n) is 24.0. The predicted molar refractivity (Wildman–Crippen MR) is 295 cm³/mol. The monoisotopic (exact) mass is 903 g/mol. The molecule has 0 N–H and O–H groups in total. The Hall–Kier alpha value is -9.58. The first-order valence-corrected chi connectivity index (χ1v) is 24.0. The van der Waals surface area contributed by atoms with E-state index in [4.69, 9.17) is 19.9 Å². The summed E-state index contributed by atoms with van der Waals surface area (Å²) in [6.07, 6.45) is 0. The van der Waals surface area contributed by atoms with Crippen molar-refractivity contribution in [1.82, 2.24) is 24.5 Å². The third-order valence-corrected chi connectivity index (χ3v) is 14.0. The molecule has 4 aromatic heterocycles. The quantitative estimate of drug-likeness (QED) is 0.118. The highest BCUT2D eigenvalue weighted by Gasteiger charge is 2.20. The van der Waals surface area contributed by atoms with Crippen molar-refractivity contribution in [3.8, 4) is 73.2 Å². The maximum Gasteiger partial charge on any atom is 0.145 e. The van der Waals surface area contributed by atoms with Gasteiger partial charge >= 0.3 is 0 Å². The zero-order valence-corrected chi connectivity index (χ0v) is 38.4. The lowest BCUT2D eigenvalue weighted by Gasteiger charge is -2.19. The average molecular weight is 904 g/mol. The molecule has 0 aliphatic heterocycles. The number of hydrogen-bond acceptors (Lipinski definition) is 4. The molecule has 4 heterocycles. The van der Waals surface area contributed by atoms with Crippen LogP contribution < -0.4 is 0 Å². The number of benzene rings is 10. The fourth-order valence-corrected chi connectivity index (χ4v) is 10.6. The van der Waals surface area contributed by atoms with Crippen molar-refractivity contribution in [2.45, 2.75) is 0 Å². The van der Waals surface area contributed by atoms with Crippen molar-refractivity contribution in [3.05, 3.63) is 249 Å². The van der Waals surface area contributed by atoms with E-state index in [-0.39, 0.29) is 0 Å². The summed E-state index contributed by atoms with van der Waals surface area (Å²) in [7, 11) is 0. The first-order chi connectivity index (χ1) is 35.2. The van der Waals surface area contributed by atoms with Gasteiger partial charge in [-0.15, -0.1) is 0 Å². The molecule has 0 aliphatic rings. The van der Waals surface area contributed by atoms with Gasteiger partial charge in [0.2, 0.25) is 0 Å². The number of para-hydroxylation sites is 2. The van der Waals surface area contributed by atoms with Gasteiger partial charge in [0, 0.05) is 33.2 Å². The number of nitrogens with zero attached hydrogens (tertiary/aromatic N) is 5. The van der Waals surface area contributed by atoms with Gasteiger partial charge in [0.05, 0.1) is 44.8 Å². The largest absolute Gasteiger partial charge is 0.292 e. The van der Waals surface area contributed by atoms with Crippen LogP contribution in [0.3, 0.4) is 0 Å². The van der Waals surface area contributed by atoms with Gasteiger partial charge in [0.25, 0.3) is 0 Å². The fourth-order valence-electron chi connectivity index (χ4n) is 10.6. The minimum atomic E-state index is 0.810. The lowest BCUT2D eigenvalue weighted by Crippen LogP contribution is -1.98. The Morgan fingerprint density at radius 1 is 0.268 bits per heavy atom. The average Bonchev–Trinajstić information content (AvgIpc) is 3.84. The van der Waals surface area contributed by atoms with Crippen molar-refractivity contribution in [2.24, 2.45) is 0 Å². The van der Waals surface area contributed by atoms with Gasteiger partial charge in [-0.25, -0.2) is 19.9 Å². The molecule has 0 fully saturated rings. The number of aromatic nitrogens is 5. The lowest BCUT2D eigenvalue weighted by molar-refractivity contribution is 1.10. The molecule has 0 spiro atoms. The summed E-state index contributed by atoms with van der Waals surface area (Å²) in [6.45, 7) is 0. The molecule has 0 radical (unpaired) electrons. The van der Waals surface area contributed by atoms with Gasteiger partial charge in [-0.05, 0) is 103 Å². The molecule has 0 bridgehead atoms. The Bertz CT molecular complexity index is 4320. The van der Waals surface area contributed by atoms with Crippen molar-refractivity contribution in [1.29, 1.82) is 0 Å². The number of pyridine rings is 3. The summed E-state index contributed by atoms with van der Waals surface area (Å²) in [5.41, 5.74) is 16.2. The third-order valence-electron chi connectivity index (χ3n) is 14.0. The molecule has 0 amide bonds. The van der Waals surface area contributed by atoms with Crippen molar-refractivity contribution < 1.29 is 0 Å². The molecule has 14 aromatic rings. The molecule has 10 aromatic carbocycles. The molecule has 0 atom stereocenters. The maximum absolute atomic E-state index is 5.28. The van der Waals surface area contributed by atoms with Gasteiger partial charge in [0.15, 0.2) is 0 Å². The van der Waals surface area contributed by atoms with Gasteiger partial charge in [-0.1, -0.05) is 200 Å². The Kier molecular flexibility index (Phi) is 9.46. The molecule has 5 heteroatoms. The third kappa shape index (κ3) is 6.86. The summed E-state index contributed by atoms with van der Waals surface area (Å²) in [4.78, 5) is 20.7. The molecule has 0 saturated heterocycles. The van der Waals surface area contributed by atoms with Gasteiger partial charge in [-0.3, -0.25) is 4.57 Å². The van der Waals surface area contributed by atoms with Crippen molar-refractivity contribution in [3.63, 3.8) is 0 Å². The van der Waals surface area contributed by atoms with E-state index in [1.807, 2.05) is 42.5 Å². The van der Waals surface area contributed by atoms with Crippen LogP contribution in [0.1, 0.15) is 0 Å². The van der Waals surface area contributed by atoms with E-state index in [0.717, 1.165) is 89.4 Å². The normalized spacial score (nSPS) is 11.7. The van der Waals surface area contributed by atoms with Crippen LogP contribution in [0.2, 0.25) is 0 Å². The second kappa shape index (κ2) is 16.6. The Morgan fingerprint density at radius 3 is 1.49 bits per heavy atom. The van der Waals surface area contributed by atoms with E-state index in [1.165, 1.54) is 49.0 Å². The molecule has 5 nitrogen and oxygen atoms in total. The summed E-state index contributed by atoms with van der Waals surface area (Å²) < 4.78 is 2.28. The molecule has 71 heavy (non-hydrogen) atoms. The number of hydrogen-bond donors (Lipinski definition) is 0. The smallest absolute Gasteiger partial charge is 0.145 e. The second-order valence-corrected chi connectivity index (χ2v) is 18.1. The molecule has 0 aliphatic carbocycles. The summed E-state index contributed by atoms with van der Waals surface area (Å²) >= 11 is 0. The summed E-state index contributed by atoms with van der Waals surface area (Å²) in [5, 5.41) is 9.50. The van der Waals surface area contributed by atoms with Crippen LogP contribution >= 0.6 is 0 Å². The maximum atomic E-state index is 5.28. The lowest BCUT2D eigenvalue weighted by atomic mass is 9.85. The van der Waals surface area contributed by atoms with E-state index in [0.29, 0.717) is 0 Å². The Labute approximate surface area is 409 Å². The number of fused-ring (bicyclic) bond motifs is 7. The predicted octanol–water partition coefficient (Wildman–Crippen LogP) is 17.0. The van der Waals surface area contributed by atoms with Gasteiger partial charge in [-0.2, -0.15) is 0 Å². The topological polar surface area (TPSA) is 56.5 Å². The van der Waals surface area contributed by atoms with Crippen LogP contribution in [0.25, 0.3) is 138 Å². The zero-order chi connectivity index (χ0) is 46.8. The van der Waals surface area contributed by atoms with E-state index in [1.54, 1.807) is 0 Å². The number of rotatable bonds is 7. The van der Waals surface area contributed by atoms with Crippen LogP contribution in [0, 0.1) is 0 Å². The molecule has 14 rings (SSSR count). The van der Waals surface area contributed by atoms with Crippen LogP contribution in [-0.4, -0.2) is 24.5 Å². The van der Waals surface area contributed by atoms with Crippen LogP contribution in [0.5, 0.6) is 0 Å². The van der Waals surface area contributed by atoms with Gasteiger partial charge in [0.1, 0.15) is 5.82 Å². The van der Waals surface area contributed by atoms with E-state index in [2.05, 4.69) is 211 Å². The van der Waals surface area contributed by atoms with Crippen LogP contribution in [0.4, 0.5) is 0 Å². The van der Waals surface area contributed by atoms with E-state index < -0.39 is 0 Å². The highest BCUT2D eigenvalue weighted by molar-refractivity contribution is 6.23. The highest BCUT2D eigenvalue weighted by Crippen LogP contribution is 2.45. The molecule has 330 valence electrons. The Balaban J connectivity index is 0.832. The molecular formula is C66H41N5. The highest BCUT2D eigenvalue weighted by atomic mass is 15.1. The second-order valence-electron chi connectivity index (χ2n) is 18.1. The fraction of sp³-hybridized carbons (Fsp3) is 0.